The number of aliphatic hydroxyl groups excluding tert-OH is 1. The van der Waals surface area contributed by atoms with Crippen molar-refractivity contribution in [3.05, 3.63) is 17.7 Å². The van der Waals surface area contributed by atoms with Gasteiger partial charge >= 0.3 is 0 Å². The molecule has 0 radical (unpaired) electrons. The van der Waals surface area contributed by atoms with Crippen molar-refractivity contribution in [2.24, 2.45) is 5.92 Å². The van der Waals surface area contributed by atoms with Crippen LogP contribution in [0.5, 0.6) is 0 Å². The van der Waals surface area contributed by atoms with Crippen LogP contribution in [0.3, 0.4) is 0 Å². The van der Waals surface area contributed by atoms with Crippen LogP contribution in [-0.2, 0) is 6.54 Å². The van der Waals surface area contributed by atoms with Crippen LogP contribution < -0.4 is 0 Å². The second-order valence-electron chi connectivity index (χ2n) is 7.57. The average Bonchev–Trinajstić information content (AvgIpc) is 2.99. The topological polar surface area (TPSA) is 58.6 Å². The highest BCUT2D eigenvalue weighted by Gasteiger charge is 2.34. The second-order valence-corrected chi connectivity index (χ2v) is 7.57. The fraction of sp³-hybridized carbons (Fsp3) is 0.833. The summed E-state index contributed by atoms with van der Waals surface area (Å²) in [6.45, 7) is 10.3. The number of hydrogen-bond donors (Lipinski definition) is 2. The van der Waals surface area contributed by atoms with Crippen molar-refractivity contribution in [3.8, 4) is 0 Å². The van der Waals surface area contributed by atoms with Gasteiger partial charge in [0.25, 0.3) is 0 Å². The molecule has 6 nitrogen and oxygen atoms in total. The van der Waals surface area contributed by atoms with E-state index >= 15 is 0 Å². The lowest BCUT2D eigenvalue weighted by Crippen LogP contribution is -2.56. The molecule has 1 aromatic heterocycles. The van der Waals surface area contributed by atoms with E-state index in [1.807, 2.05) is 6.20 Å². The van der Waals surface area contributed by atoms with Gasteiger partial charge in [-0.1, -0.05) is 0 Å². The molecule has 2 N–H and O–H groups in total. The molecule has 2 aliphatic heterocycles. The predicted molar refractivity (Wildman–Crippen MR) is 95.9 cm³/mol. The Morgan fingerprint density at radius 1 is 1.25 bits per heavy atom. The van der Waals surface area contributed by atoms with E-state index in [2.05, 4.69) is 38.6 Å². The molecule has 2 aliphatic rings. The van der Waals surface area contributed by atoms with Crippen molar-refractivity contribution in [2.45, 2.75) is 38.8 Å². The first-order chi connectivity index (χ1) is 11.7. The molecule has 136 valence electrons. The Morgan fingerprint density at radius 3 is 2.71 bits per heavy atom. The van der Waals surface area contributed by atoms with Gasteiger partial charge in [-0.2, -0.15) is 0 Å². The van der Waals surface area contributed by atoms with Crippen molar-refractivity contribution in [1.29, 1.82) is 0 Å². The zero-order valence-electron chi connectivity index (χ0n) is 15.2. The Labute approximate surface area is 145 Å². The minimum atomic E-state index is 0.309. The Bertz CT molecular complexity index is 497. The maximum atomic E-state index is 9.28. The SMILES string of the molecule is Cc1cnc(CN2CC[C@@H](N3CCN(C)CC3)[C@@H](CCCO)C2)[nH]1. The summed E-state index contributed by atoms with van der Waals surface area (Å²) in [6, 6.07) is 0.680. The van der Waals surface area contributed by atoms with Gasteiger partial charge in [0.15, 0.2) is 0 Å². The number of likely N-dealkylation sites (N-methyl/N-ethyl adjacent to an activating group) is 1. The van der Waals surface area contributed by atoms with E-state index < -0.39 is 0 Å². The number of aromatic nitrogens is 2. The summed E-state index contributed by atoms with van der Waals surface area (Å²) in [7, 11) is 2.22. The number of imidazole rings is 1. The lowest BCUT2D eigenvalue weighted by Gasteiger charge is -2.46. The molecular formula is C18H33N5O. The van der Waals surface area contributed by atoms with Crippen LogP contribution in [0.25, 0.3) is 0 Å². The second kappa shape index (κ2) is 8.43. The van der Waals surface area contributed by atoms with Gasteiger partial charge in [0.05, 0.1) is 6.54 Å². The molecular weight excluding hydrogens is 302 g/mol. The molecule has 0 unspecified atom stereocenters. The third-order valence-corrected chi connectivity index (χ3v) is 5.65. The molecule has 3 rings (SSSR count). The summed E-state index contributed by atoms with van der Waals surface area (Å²) < 4.78 is 0. The lowest BCUT2D eigenvalue weighted by molar-refractivity contribution is 0.0205. The van der Waals surface area contributed by atoms with E-state index in [1.165, 1.54) is 32.6 Å². The molecule has 2 saturated heterocycles. The van der Waals surface area contributed by atoms with Gasteiger partial charge in [-0.05, 0) is 39.2 Å². The number of piperidine rings is 1. The van der Waals surface area contributed by atoms with Crippen molar-refractivity contribution in [3.63, 3.8) is 0 Å². The highest BCUT2D eigenvalue weighted by molar-refractivity contribution is 4.99. The number of aryl methyl sites for hydroxylation is 1. The van der Waals surface area contributed by atoms with Gasteiger partial charge in [0.2, 0.25) is 0 Å². The number of nitrogens with one attached hydrogen (secondary N) is 1. The third kappa shape index (κ3) is 4.57. The Hall–Kier alpha value is -0.950. The van der Waals surface area contributed by atoms with Crippen LogP contribution in [0.15, 0.2) is 6.20 Å². The Kier molecular flexibility index (Phi) is 6.27. The van der Waals surface area contributed by atoms with E-state index in [-0.39, 0.29) is 0 Å². The van der Waals surface area contributed by atoms with E-state index in [4.69, 9.17) is 0 Å². The minimum Gasteiger partial charge on any atom is -0.396 e. The zero-order chi connectivity index (χ0) is 16.9. The fourth-order valence-electron chi connectivity index (χ4n) is 4.27. The molecule has 3 heterocycles. The van der Waals surface area contributed by atoms with Gasteiger partial charge in [-0.25, -0.2) is 4.98 Å². The van der Waals surface area contributed by atoms with Crippen molar-refractivity contribution in [2.75, 3.05) is 52.9 Å². The fourth-order valence-corrected chi connectivity index (χ4v) is 4.27. The summed E-state index contributed by atoms with van der Waals surface area (Å²) in [6.07, 6.45) is 5.19. The third-order valence-electron chi connectivity index (χ3n) is 5.65. The molecule has 1 aromatic rings. The normalized spacial score (nSPS) is 27.6. The summed E-state index contributed by atoms with van der Waals surface area (Å²) in [4.78, 5) is 15.5. The Balaban J connectivity index is 1.59. The molecule has 0 spiro atoms. The highest BCUT2D eigenvalue weighted by Crippen LogP contribution is 2.27. The molecule has 0 bridgehead atoms. The van der Waals surface area contributed by atoms with Crippen molar-refractivity contribution < 1.29 is 5.11 Å². The number of nitrogens with zero attached hydrogens (tertiary/aromatic N) is 4. The number of likely N-dealkylation sites (tertiary alicyclic amines) is 1. The number of aromatic amines is 1. The van der Waals surface area contributed by atoms with E-state index in [0.29, 0.717) is 18.6 Å². The number of H-pyrrole nitrogens is 1. The lowest BCUT2D eigenvalue weighted by atomic mass is 9.86. The first-order valence-corrected chi connectivity index (χ1v) is 9.42. The first kappa shape index (κ1) is 17.9. The molecule has 0 aromatic carbocycles. The van der Waals surface area contributed by atoms with Gasteiger partial charge in [-0.15, -0.1) is 0 Å². The summed E-state index contributed by atoms with van der Waals surface area (Å²) in [5.74, 6) is 1.73. The zero-order valence-corrected chi connectivity index (χ0v) is 15.2. The molecule has 2 atom stereocenters. The average molecular weight is 335 g/mol. The van der Waals surface area contributed by atoms with Gasteiger partial charge in [0.1, 0.15) is 5.82 Å². The van der Waals surface area contributed by atoms with Crippen LogP contribution >= 0.6 is 0 Å². The van der Waals surface area contributed by atoms with Crippen LogP contribution in [0.4, 0.5) is 0 Å². The standard InChI is InChI=1S/C18H33N5O/c1-15-12-19-18(20-15)14-22-6-5-17(16(13-22)4-3-11-24)23-9-7-21(2)8-10-23/h12,16-17,24H,3-11,13-14H2,1-2H3,(H,19,20)/t16-,17+/m0/s1. The largest absolute Gasteiger partial charge is 0.396 e. The van der Waals surface area contributed by atoms with Crippen LogP contribution in [0, 0.1) is 12.8 Å². The van der Waals surface area contributed by atoms with Crippen LogP contribution in [0.1, 0.15) is 30.8 Å². The van der Waals surface area contributed by atoms with Gasteiger partial charge in [0, 0.05) is 63.8 Å². The number of aliphatic hydroxyl groups is 1. The van der Waals surface area contributed by atoms with Gasteiger partial charge in [-0.3, -0.25) is 9.80 Å². The van der Waals surface area contributed by atoms with E-state index in [0.717, 1.165) is 44.0 Å². The smallest absolute Gasteiger partial charge is 0.120 e. The number of hydrogen-bond acceptors (Lipinski definition) is 5. The quantitative estimate of drug-likeness (QED) is 0.810. The van der Waals surface area contributed by atoms with Gasteiger partial charge < -0.3 is 15.0 Å². The monoisotopic (exact) mass is 335 g/mol. The molecule has 6 heteroatoms. The molecule has 24 heavy (non-hydrogen) atoms. The van der Waals surface area contributed by atoms with E-state index in [1.54, 1.807) is 0 Å². The molecule has 2 fully saturated rings. The minimum absolute atomic E-state index is 0.309. The molecule has 0 amide bonds. The Morgan fingerprint density at radius 2 is 2.04 bits per heavy atom. The van der Waals surface area contributed by atoms with E-state index in [9.17, 15) is 5.11 Å². The van der Waals surface area contributed by atoms with Crippen LogP contribution in [-0.4, -0.2) is 88.7 Å². The summed E-state index contributed by atoms with van der Waals surface area (Å²) in [5, 5.41) is 9.28. The van der Waals surface area contributed by atoms with Crippen LogP contribution in [0.2, 0.25) is 0 Å². The first-order valence-electron chi connectivity index (χ1n) is 9.42. The molecule has 0 aliphatic carbocycles. The maximum absolute atomic E-state index is 9.28. The molecule has 0 saturated carbocycles. The summed E-state index contributed by atoms with van der Waals surface area (Å²) in [5.41, 5.74) is 1.13. The maximum Gasteiger partial charge on any atom is 0.120 e. The number of piperazine rings is 1. The highest BCUT2D eigenvalue weighted by atomic mass is 16.2. The predicted octanol–water partition coefficient (Wildman–Crippen LogP) is 0.929. The van der Waals surface area contributed by atoms with Crippen molar-refractivity contribution >= 4 is 0 Å². The summed E-state index contributed by atoms with van der Waals surface area (Å²) >= 11 is 0. The van der Waals surface area contributed by atoms with Crippen molar-refractivity contribution in [1.82, 2.24) is 24.7 Å². The number of rotatable bonds is 6.